The van der Waals surface area contributed by atoms with Crippen LogP contribution in [0.5, 0.6) is 11.5 Å². The van der Waals surface area contributed by atoms with Crippen molar-refractivity contribution in [2.24, 2.45) is 0 Å². The SMILES string of the molecule is CC(C)Oc1ccc(C(CO)c2nc3c(Cl)c(-c4ccccc4OC(F)(F)F)c(Cl)cc3[nH]2)cc1. The number of nitrogens with zero attached hydrogens (tertiary/aromatic N) is 1. The van der Waals surface area contributed by atoms with Gasteiger partial charge in [-0.15, -0.1) is 13.2 Å². The maximum absolute atomic E-state index is 12.9. The number of benzene rings is 3. The minimum atomic E-state index is -4.89. The number of hydrogen-bond acceptors (Lipinski definition) is 4. The highest BCUT2D eigenvalue weighted by atomic mass is 35.5. The van der Waals surface area contributed by atoms with Crippen molar-refractivity contribution in [2.45, 2.75) is 32.2 Å². The molecule has 0 aliphatic heterocycles. The summed E-state index contributed by atoms with van der Waals surface area (Å²) in [5.74, 6) is 0.185. The zero-order chi connectivity index (χ0) is 25.3. The Morgan fingerprint density at radius 3 is 2.37 bits per heavy atom. The number of nitrogens with one attached hydrogen (secondary N) is 1. The molecule has 3 aromatic carbocycles. The minimum Gasteiger partial charge on any atom is -0.491 e. The van der Waals surface area contributed by atoms with Gasteiger partial charge in [0.2, 0.25) is 0 Å². The molecule has 0 radical (unpaired) electrons. The average Bonchev–Trinajstić information content (AvgIpc) is 3.19. The Kier molecular flexibility index (Phi) is 7.17. The molecule has 0 spiro atoms. The number of ether oxygens (including phenoxy) is 2. The molecule has 0 aliphatic carbocycles. The highest BCUT2D eigenvalue weighted by molar-refractivity contribution is 6.42. The van der Waals surface area contributed by atoms with E-state index in [0.29, 0.717) is 22.6 Å². The van der Waals surface area contributed by atoms with Crippen molar-refractivity contribution in [3.8, 4) is 22.6 Å². The highest BCUT2D eigenvalue weighted by Crippen LogP contribution is 2.44. The first-order chi connectivity index (χ1) is 16.6. The highest BCUT2D eigenvalue weighted by Gasteiger charge is 2.33. The Labute approximate surface area is 209 Å². The first-order valence-electron chi connectivity index (χ1n) is 10.7. The second-order valence-corrected chi connectivity index (χ2v) is 8.87. The van der Waals surface area contributed by atoms with Gasteiger partial charge in [-0.05, 0) is 43.7 Å². The number of aliphatic hydroxyl groups excluding tert-OH is 1. The van der Waals surface area contributed by atoms with Crippen LogP contribution in [0.1, 0.15) is 31.2 Å². The number of hydrogen-bond donors (Lipinski definition) is 2. The van der Waals surface area contributed by atoms with Crippen molar-refractivity contribution >= 4 is 34.2 Å². The van der Waals surface area contributed by atoms with Crippen LogP contribution < -0.4 is 9.47 Å². The van der Waals surface area contributed by atoms with E-state index in [4.69, 9.17) is 27.9 Å². The van der Waals surface area contributed by atoms with E-state index < -0.39 is 18.0 Å². The van der Waals surface area contributed by atoms with Crippen LogP contribution in [-0.4, -0.2) is 34.1 Å². The Balaban J connectivity index is 1.76. The average molecular weight is 525 g/mol. The van der Waals surface area contributed by atoms with Gasteiger partial charge in [0.25, 0.3) is 0 Å². The number of aromatic amines is 1. The van der Waals surface area contributed by atoms with Crippen molar-refractivity contribution in [3.63, 3.8) is 0 Å². The molecule has 1 unspecified atom stereocenters. The van der Waals surface area contributed by atoms with Crippen LogP contribution in [0.3, 0.4) is 0 Å². The lowest BCUT2D eigenvalue weighted by atomic mass is 9.99. The number of rotatable bonds is 7. The number of imidazole rings is 1. The zero-order valence-corrected chi connectivity index (χ0v) is 20.2. The van der Waals surface area contributed by atoms with Gasteiger partial charge in [-0.2, -0.15) is 0 Å². The molecule has 4 rings (SSSR count). The van der Waals surface area contributed by atoms with Crippen molar-refractivity contribution in [3.05, 3.63) is 76.0 Å². The van der Waals surface area contributed by atoms with Gasteiger partial charge in [-0.25, -0.2) is 4.98 Å². The molecule has 1 aromatic heterocycles. The van der Waals surface area contributed by atoms with E-state index in [0.717, 1.165) is 5.56 Å². The molecule has 35 heavy (non-hydrogen) atoms. The number of alkyl halides is 3. The molecular formula is C25H21Cl2F3N2O3. The van der Waals surface area contributed by atoms with Crippen LogP contribution in [0.15, 0.2) is 54.6 Å². The van der Waals surface area contributed by atoms with E-state index in [1.807, 2.05) is 26.0 Å². The molecule has 5 nitrogen and oxygen atoms in total. The third-order valence-corrected chi connectivity index (χ3v) is 5.90. The minimum absolute atomic E-state index is 0.0256. The third-order valence-electron chi connectivity index (χ3n) is 5.24. The van der Waals surface area contributed by atoms with E-state index in [-0.39, 0.29) is 33.9 Å². The van der Waals surface area contributed by atoms with Crippen LogP contribution in [0.2, 0.25) is 10.0 Å². The Bertz CT molecular complexity index is 1340. The number of halogens is 5. The zero-order valence-electron chi connectivity index (χ0n) is 18.7. The molecule has 0 bridgehead atoms. The molecule has 0 fully saturated rings. The van der Waals surface area contributed by atoms with E-state index >= 15 is 0 Å². The maximum atomic E-state index is 12.9. The van der Waals surface area contributed by atoms with Crippen molar-refractivity contribution in [1.29, 1.82) is 0 Å². The summed E-state index contributed by atoms with van der Waals surface area (Å²) in [6.45, 7) is 3.61. The lowest BCUT2D eigenvalue weighted by Gasteiger charge is -2.15. The summed E-state index contributed by atoms with van der Waals surface area (Å²) in [5.41, 5.74) is 1.81. The molecule has 0 amide bonds. The second-order valence-electron chi connectivity index (χ2n) is 8.08. The number of H-pyrrole nitrogens is 1. The summed E-state index contributed by atoms with van der Waals surface area (Å²) < 4.78 is 48.6. The quantitative estimate of drug-likeness (QED) is 0.265. The molecule has 1 heterocycles. The summed E-state index contributed by atoms with van der Waals surface area (Å²) >= 11 is 13.1. The molecule has 1 atom stereocenters. The summed E-state index contributed by atoms with van der Waals surface area (Å²) in [4.78, 5) is 7.68. The van der Waals surface area contributed by atoms with Gasteiger partial charge in [0.15, 0.2) is 0 Å². The van der Waals surface area contributed by atoms with Gasteiger partial charge in [0.1, 0.15) is 22.8 Å². The summed E-state index contributed by atoms with van der Waals surface area (Å²) in [6.07, 6.45) is -4.86. The smallest absolute Gasteiger partial charge is 0.491 e. The van der Waals surface area contributed by atoms with Crippen molar-refractivity contribution < 1.29 is 27.8 Å². The fourth-order valence-electron chi connectivity index (χ4n) is 3.80. The Morgan fingerprint density at radius 1 is 1.06 bits per heavy atom. The molecule has 0 saturated carbocycles. The van der Waals surface area contributed by atoms with Crippen molar-refractivity contribution in [1.82, 2.24) is 9.97 Å². The predicted octanol–water partition coefficient (Wildman–Crippen LogP) is 7.35. The van der Waals surface area contributed by atoms with E-state index in [1.165, 1.54) is 24.3 Å². The Hall–Kier alpha value is -2.94. The molecule has 184 valence electrons. The summed E-state index contributed by atoms with van der Waals surface area (Å²) in [5, 5.41) is 10.3. The number of fused-ring (bicyclic) bond motifs is 1. The Morgan fingerprint density at radius 2 is 1.74 bits per heavy atom. The van der Waals surface area contributed by atoms with E-state index in [9.17, 15) is 18.3 Å². The summed E-state index contributed by atoms with van der Waals surface area (Å²) in [7, 11) is 0. The van der Waals surface area contributed by atoms with Gasteiger partial charge < -0.3 is 19.6 Å². The van der Waals surface area contributed by atoms with Gasteiger partial charge in [0, 0.05) is 11.1 Å². The summed E-state index contributed by atoms with van der Waals surface area (Å²) in [6, 6.07) is 14.4. The molecule has 4 aromatic rings. The number of aromatic nitrogens is 2. The normalized spacial score (nSPS) is 12.8. The maximum Gasteiger partial charge on any atom is 0.573 e. The van der Waals surface area contributed by atoms with Gasteiger partial charge >= 0.3 is 6.36 Å². The van der Waals surface area contributed by atoms with Crippen LogP contribution in [0.25, 0.3) is 22.2 Å². The second kappa shape index (κ2) is 9.97. The fourth-order valence-corrected chi connectivity index (χ4v) is 4.50. The van der Waals surface area contributed by atoms with Gasteiger partial charge in [-0.1, -0.05) is 53.5 Å². The number of aliphatic hydroxyl groups is 1. The van der Waals surface area contributed by atoms with Crippen LogP contribution in [0, 0.1) is 0 Å². The first-order valence-corrected chi connectivity index (χ1v) is 11.4. The first kappa shape index (κ1) is 25.2. The van der Waals surface area contributed by atoms with Gasteiger partial charge in [0.05, 0.1) is 34.2 Å². The third kappa shape index (κ3) is 5.50. The molecule has 2 N–H and O–H groups in total. The molecule has 0 saturated heterocycles. The van der Waals surface area contributed by atoms with Crippen LogP contribution in [0.4, 0.5) is 13.2 Å². The molecular weight excluding hydrogens is 504 g/mol. The monoisotopic (exact) mass is 524 g/mol. The van der Waals surface area contributed by atoms with Gasteiger partial charge in [-0.3, -0.25) is 0 Å². The van der Waals surface area contributed by atoms with Crippen molar-refractivity contribution in [2.75, 3.05) is 6.61 Å². The van der Waals surface area contributed by atoms with Crippen LogP contribution >= 0.6 is 23.2 Å². The standard InChI is InChI=1S/C25H21Cl2F3N2O3/c1-13(2)34-15-9-7-14(8-10-15)17(12-33)24-31-19-11-18(26)21(22(27)23(19)32-24)16-5-3-4-6-20(16)35-25(28,29)30/h3-11,13,17,33H,12H2,1-2H3,(H,31,32). The molecule has 10 heteroatoms. The topological polar surface area (TPSA) is 67.4 Å². The van der Waals surface area contributed by atoms with Crippen LogP contribution in [-0.2, 0) is 0 Å². The lowest BCUT2D eigenvalue weighted by Crippen LogP contribution is -2.17. The van der Waals surface area contributed by atoms with E-state index in [1.54, 1.807) is 18.2 Å². The number of para-hydroxylation sites is 1. The lowest BCUT2D eigenvalue weighted by molar-refractivity contribution is -0.274. The largest absolute Gasteiger partial charge is 0.573 e. The fraction of sp³-hybridized carbons (Fsp3) is 0.240. The molecule has 0 aliphatic rings. The predicted molar refractivity (Wildman–Crippen MR) is 129 cm³/mol. The van der Waals surface area contributed by atoms with E-state index in [2.05, 4.69) is 14.7 Å².